The SMILES string of the molecule is Cc1cc(C)n(-c2cc(C(=O)N(C)c3ccc(C)c(F)c3)ccc2Cl)c(=O)n1. The van der Waals surface area contributed by atoms with E-state index in [9.17, 15) is 14.0 Å². The first kappa shape index (κ1) is 19.8. The first-order chi connectivity index (χ1) is 13.2. The second-order valence-corrected chi connectivity index (χ2v) is 7.03. The lowest BCUT2D eigenvalue weighted by atomic mass is 10.1. The minimum atomic E-state index is -0.474. The number of amides is 1. The van der Waals surface area contributed by atoms with Gasteiger partial charge >= 0.3 is 5.69 Å². The van der Waals surface area contributed by atoms with Gasteiger partial charge in [-0.2, -0.15) is 4.98 Å². The number of hydrogen-bond acceptors (Lipinski definition) is 3. The standard InChI is InChI=1S/C21H19ClFN3O2/c1-12-5-7-16(11-18(12)23)25(4)20(27)15-6-8-17(22)19(10-15)26-14(3)9-13(2)24-21(26)28/h5-11H,1-4H3. The molecule has 1 aromatic heterocycles. The molecular formula is C21H19ClFN3O2. The molecule has 5 nitrogen and oxygen atoms in total. The maximum Gasteiger partial charge on any atom is 0.352 e. The van der Waals surface area contributed by atoms with Gasteiger partial charge < -0.3 is 4.90 Å². The Labute approximate surface area is 167 Å². The summed E-state index contributed by atoms with van der Waals surface area (Å²) in [6, 6.07) is 11.0. The van der Waals surface area contributed by atoms with Gasteiger partial charge in [-0.05, 0) is 62.7 Å². The highest BCUT2D eigenvalue weighted by Gasteiger charge is 2.18. The Morgan fingerprint density at radius 1 is 1.11 bits per heavy atom. The fraction of sp³-hybridized carbons (Fsp3) is 0.190. The van der Waals surface area contributed by atoms with Gasteiger partial charge in [-0.25, -0.2) is 9.18 Å². The van der Waals surface area contributed by atoms with Gasteiger partial charge in [-0.1, -0.05) is 17.7 Å². The molecule has 0 atom stereocenters. The molecule has 0 aliphatic rings. The van der Waals surface area contributed by atoms with Crippen molar-refractivity contribution in [3.63, 3.8) is 0 Å². The first-order valence-electron chi connectivity index (χ1n) is 8.60. The molecule has 0 bridgehead atoms. The van der Waals surface area contributed by atoms with Gasteiger partial charge in [0.2, 0.25) is 0 Å². The van der Waals surface area contributed by atoms with Crippen LogP contribution in [0, 0.1) is 26.6 Å². The highest BCUT2D eigenvalue weighted by atomic mass is 35.5. The molecule has 0 N–H and O–H groups in total. The average molecular weight is 400 g/mol. The molecule has 0 aliphatic carbocycles. The van der Waals surface area contributed by atoms with Crippen molar-refractivity contribution in [2.45, 2.75) is 20.8 Å². The van der Waals surface area contributed by atoms with Crippen LogP contribution in [0.5, 0.6) is 0 Å². The lowest BCUT2D eigenvalue weighted by molar-refractivity contribution is 0.0993. The Kier molecular flexibility index (Phi) is 5.34. The third kappa shape index (κ3) is 3.68. The van der Waals surface area contributed by atoms with Crippen molar-refractivity contribution < 1.29 is 9.18 Å². The summed E-state index contributed by atoms with van der Waals surface area (Å²) in [6.07, 6.45) is 0. The van der Waals surface area contributed by atoms with Gasteiger partial charge in [-0.15, -0.1) is 0 Å². The molecular weight excluding hydrogens is 381 g/mol. The van der Waals surface area contributed by atoms with Crippen LogP contribution in [-0.4, -0.2) is 22.5 Å². The van der Waals surface area contributed by atoms with Gasteiger partial charge in [0.1, 0.15) is 5.82 Å². The van der Waals surface area contributed by atoms with Crippen LogP contribution in [0.25, 0.3) is 5.69 Å². The zero-order valence-electron chi connectivity index (χ0n) is 16.0. The molecule has 0 fully saturated rings. The van der Waals surface area contributed by atoms with Crippen LogP contribution in [0.15, 0.2) is 47.3 Å². The molecule has 3 aromatic rings. The predicted octanol–water partition coefficient (Wildman–Crippen LogP) is 4.23. The molecule has 0 spiro atoms. The number of carbonyl (C=O) groups excluding carboxylic acids is 1. The molecule has 0 unspecified atom stereocenters. The zero-order chi connectivity index (χ0) is 20.6. The molecule has 1 heterocycles. The van der Waals surface area contributed by atoms with E-state index in [1.165, 1.54) is 21.6 Å². The van der Waals surface area contributed by atoms with Crippen molar-refractivity contribution in [3.8, 4) is 5.69 Å². The average Bonchev–Trinajstić information content (AvgIpc) is 2.63. The van der Waals surface area contributed by atoms with E-state index in [0.717, 1.165) is 0 Å². The van der Waals surface area contributed by atoms with E-state index >= 15 is 0 Å². The molecule has 144 valence electrons. The number of rotatable bonds is 3. The van der Waals surface area contributed by atoms with Gasteiger partial charge in [0.15, 0.2) is 0 Å². The lowest BCUT2D eigenvalue weighted by Gasteiger charge is -2.19. The largest absolute Gasteiger partial charge is 0.352 e. The summed E-state index contributed by atoms with van der Waals surface area (Å²) in [4.78, 5) is 30.6. The fourth-order valence-corrected chi connectivity index (χ4v) is 3.16. The molecule has 0 saturated carbocycles. The molecule has 0 radical (unpaired) electrons. The Balaban J connectivity index is 2.05. The maximum atomic E-state index is 13.9. The fourth-order valence-electron chi connectivity index (χ4n) is 2.96. The van der Waals surface area contributed by atoms with E-state index in [4.69, 9.17) is 11.6 Å². The molecule has 0 aliphatic heterocycles. The Morgan fingerprint density at radius 2 is 1.82 bits per heavy atom. The van der Waals surface area contributed by atoms with Gasteiger partial charge in [0, 0.05) is 29.7 Å². The van der Waals surface area contributed by atoms with Crippen LogP contribution in [0.1, 0.15) is 27.3 Å². The quantitative estimate of drug-likeness (QED) is 0.662. The molecule has 3 rings (SSSR count). The predicted molar refractivity (Wildman–Crippen MR) is 108 cm³/mol. The number of aryl methyl sites for hydroxylation is 3. The van der Waals surface area contributed by atoms with Crippen molar-refractivity contribution in [3.05, 3.63) is 86.3 Å². The third-order valence-electron chi connectivity index (χ3n) is 4.52. The number of nitrogens with zero attached hydrogens (tertiary/aromatic N) is 3. The minimum absolute atomic E-state index is 0.315. The third-order valence-corrected chi connectivity index (χ3v) is 4.83. The number of halogens is 2. The summed E-state index contributed by atoms with van der Waals surface area (Å²) >= 11 is 6.29. The van der Waals surface area contributed by atoms with E-state index < -0.39 is 5.69 Å². The number of benzene rings is 2. The summed E-state index contributed by atoms with van der Waals surface area (Å²) in [5, 5.41) is 0.316. The van der Waals surface area contributed by atoms with Crippen molar-refractivity contribution in [2.75, 3.05) is 11.9 Å². The van der Waals surface area contributed by atoms with E-state index in [1.807, 2.05) is 0 Å². The van der Waals surface area contributed by atoms with Crippen LogP contribution in [-0.2, 0) is 0 Å². The summed E-state index contributed by atoms with van der Waals surface area (Å²) < 4.78 is 15.2. The monoisotopic (exact) mass is 399 g/mol. The van der Waals surface area contributed by atoms with Crippen molar-refractivity contribution >= 4 is 23.2 Å². The van der Waals surface area contributed by atoms with Gasteiger partial charge in [0.05, 0.1) is 10.7 Å². The summed E-state index contributed by atoms with van der Waals surface area (Å²) in [6.45, 7) is 5.15. The first-order valence-corrected chi connectivity index (χ1v) is 8.98. The van der Waals surface area contributed by atoms with E-state index in [1.54, 1.807) is 58.2 Å². The van der Waals surface area contributed by atoms with Crippen molar-refractivity contribution in [1.29, 1.82) is 0 Å². The normalized spacial score (nSPS) is 10.8. The molecule has 0 saturated heterocycles. The summed E-state index contributed by atoms with van der Waals surface area (Å²) in [5.74, 6) is -0.742. The molecule has 7 heteroatoms. The van der Waals surface area contributed by atoms with E-state index in [-0.39, 0.29) is 11.7 Å². The van der Waals surface area contributed by atoms with Crippen LogP contribution in [0.2, 0.25) is 5.02 Å². The summed E-state index contributed by atoms with van der Waals surface area (Å²) in [7, 11) is 1.56. The van der Waals surface area contributed by atoms with Gasteiger partial charge in [-0.3, -0.25) is 9.36 Å². The summed E-state index contributed by atoms with van der Waals surface area (Å²) in [5.41, 5.74) is 2.38. The zero-order valence-corrected chi connectivity index (χ0v) is 16.7. The molecule has 2 aromatic carbocycles. The maximum absolute atomic E-state index is 13.9. The molecule has 28 heavy (non-hydrogen) atoms. The number of anilines is 1. The van der Waals surface area contributed by atoms with Crippen LogP contribution in [0.4, 0.5) is 10.1 Å². The lowest BCUT2D eigenvalue weighted by Crippen LogP contribution is -2.27. The van der Waals surface area contributed by atoms with Crippen LogP contribution in [0.3, 0.4) is 0 Å². The van der Waals surface area contributed by atoms with E-state index in [0.29, 0.717) is 38.9 Å². The highest BCUT2D eigenvalue weighted by Crippen LogP contribution is 2.24. The van der Waals surface area contributed by atoms with Crippen LogP contribution < -0.4 is 10.6 Å². The number of hydrogen-bond donors (Lipinski definition) is 0. The molecule has 1 amide bonds. The Hall–Kier alpha value is -2.99. The number of carbonyl (C=O) groups is 1. The van der Waals surface area contributed by atoms with Crippen molar-refractivity contribution in [1.82, 2.24) is 9.55 Å². The highest BCUT2D eigenvalue weighted by molar-refractivity contribution is 6.32. The second kappa shape index (κ2) is 7.56. The van der Waals surface area contributed by atoms with Crippen molar-refractivity contribution in [2.24, 2.45) is 0 Å². The van der Waals surface area contributed by atoms with E-state index in [2.05, 4.69) is 4.98 Å². The minimum Gasteiger partial charge on any atom is -0.311 e. The topological polar surface area (TPSA) is 55.2 Å². The van der Waals surface area contributed by atoms with Gasteiger partial charge in [0.25, 0.3) is 5.91 Å². The number of aromatic nitrogens is 2. The Bertz CT molecular complexity index is 1140. The smallest absolute Gasteiger partial charge is 0.311 e. The van der Waals surface area contributed by atoms with Crippen LogP contribution >= 0.6 is 11.6 Å². The Morgan fingerprint density at radius 3 is 2.46 bits per heavy atom. The second-order valence-electron chi connectivity index (χ2n) is 6.62.